The van der Waals surface area contributed by atoms with E-state index in [1.165, 1.54) is 0 Å². The third-order valence-electron chi connectivity index (χ3n) is 3.34. The topological polar surface area (TPSA) is 64.8 Å². The minimum absolute atomic E-state index is 0.00775. The molecule has 1 heterocycles. The van der Waals surface area contributed by atoms with Gasteiger partial charge < -0.3 is 20.1 Å². The van der Waals surface area contributed by atoms with Gasteiger partial charge in [-0.3, -0.25) is 4.79 Å². The van der Waals surface area contributed by atoms with Gasteiger partial charge in [-0.1, -0.05) is 12.2 Å². The number of nitrogens with zero attached hydrogens (tertiary/aromatic N) is 1. The first kappa shape index (κ1) is 15.6. The Hall–Kier alpha value is -1.82. The molecule has 1 aliphatic rings. The summed E-state index contributed by atoms with van der Waals surface area (Å²) in [5.41, 5.74) is 6.32. The molecule has 0 saturated carbocycles. The van der Waals surface area contributed by atoms with Crippen LogP contribution in [0, 0.1) is 0 Å². The number of hydrogen-bond donors (Lipinski definition) is 1. The van der Waals surface area contributed by atoms with Gasteiger partial charge in [-0.25, -0.2) is 0 Å². The molecule has 1 amide bonds. The number of amides is 1. The molecule has 1 aromatic carbocycles. The Labute approximate surface area is 130 Å². The van der Waals surface area contributed by atoms with Crippen LogP contribution in [0.25, 0.3) is 0 Å². The SMILES string of the molecule is CCOc1cc(C(N)=S)ccc1OCC(=O)N1CCCC1. The van der Waals surface area contributed by atoms with Crippen LogP contribution in [0.1, 0.15) is 25.3 Å². The van der Waals surface area contributed by atoms with Gasteiger partial charge in [0.25, 0.3) is 5.91 Å². The number of rotatable bonds is 6. The highest BCUT2D eigenvalue weighted by molar-refractivity contribution is 7.80. The highest BCUT2D eigenvalue weighted by Gasteiger charge is 2.19. The van der Waals surface area contributed by atoms with E-state index in [-0.39, 0.29) is 12.5 Å². The van der Waals surface area contributed by atoms with Gasteiger partial charge in [0.05, 0.1) is 6.61 Å². The van der Waals surface area contributed by atoms with Crippen LogP contribution < -0.4 is 15.2 Å². The summed E-state index contributed by atoms with van der Waals surface area (Å²) < 4.78 is 11.1. The van der Waals surface area contributed by atoms with Crippen LogP contribution in [0.15, 0.2) is 18.2 Å². The number of benzene rings is 1. The molecule has 0 atom stereocenters. The maximum absolute atomic E-state index is 12.0. The molecule has 5 nitrogen and oxygen atoms in total. The quantitative estimate of drug-likeness (QED) is 0.811. The molecule has 0 aliphatic carbocycles. The van der Waals surface area contributed by atoms with E-state index in [9.17, 15) is 4.79 Å². The zero-order chi connectivity index (χ0) is 15.2. The maximum Gasteiger partial charge on any atom is 0.260 e. The Morgan fingerprint density at radius 3 is 2.62 bits per heavy atom. The van der Waals surface area contributed by atoms with Crippen molar-refractivity contribution in [1.82, 2.24) is 4.90 Å². The van der Waals surface area contributed by atoms with E-state index in [1.54, 1.807) is 18.2 Å². The van der Waals surface area contributed by atoms with Crippen LogP contribution >= 0.6 is 12.2 Å². The Bertz CT molecular complexity index is 528. The van der Waals surface area contributed by atoms with Crippen molar-refractivity contribution >= 4 is 23.1 Å². The third kappa shape index (κ3) is 4.07. The largest absolute Gasteiger partial charge is 0.490 e. The molecule has 21 heavy (non-hydrogen) atoms. The molecule has 0 bridgehead atoms. The fraction of sp³-hybridized carbons (Fsp3) is 0.467. The fourth-order valence-electron chi connectivity index (χ4n) is 2.25. The lowest BCUT2D eigenvalue weighted by Gasteiger charge is -2.17. The van der Waals surface area contributed by atoms with E-state index in [0.29, 0.717) is 28.7 Å². The minimum atomic E-state index is 0.00775. The smallest absolute Gasteiger partial charge is 0.260 e. The first-order chi connectivity index (χ1) is 10.1. The Balaban J connectivity index is 2.04. The summed E-state index contributed by atoms with van der Waals surface area (Å²) in [5, 5.41) is 0. The summed E-state index contributed by atoms with van der Waals surface area (Å²) in [6, 6.07) is 5.23. The molecule has 1 aromatic rings. The van der Waals surface area contributed by atoms with E-state index in [4.69, 9.17) is 27.4 Å². The first-order valence-corrected chi connectivity index (χ1v) is 7.50. The van der Waals surface area contributed by atoms with Crippen LogP contribution in [0.2, 0.25) is 0 Å². The highest BCUT2D eigenvalue weighted by atomic mass is 32.1. The molecule has 6 heteroatoms. The van der Waals surface area contributed by atoms with Crippen LogP contribution in [0.3, 0.4) is 0 Å². The number of carbonyl (C=O) groups is 1. The zero-order valence-electron chi connectivity index (χ0n) is 12.1. The molecule has 0 radical (unpaired) electrons. The average Bonchev–Trinajstić information content (AvgIpc) is 3.00. The molecule has 0 aromatic heterocycles. The molecule has 0 spiro atoms. The highest BCUT2D eigenvalue weighted by Crippen LogP contribution is 2.28. The van der Waals surface area contributed by atoms with Crippen molar-refractivity contribution in [2.75, 3.05) is 26.3 Å². The van der Waals surface area contributed by atoms with Crippen molar-refractivity contribution in [3.05, 3.63) is 23.8 Å². The fourth-order valence-corrected chi connectivity index (χ4v) is 2.37. The van der Waals surface area contributed by atoms with Crippen LogP contribution in [-0.4, -0.2) is 42.1 Å². The first-order valence-electron chi connectivity index (χ1n) is 7.09. The lowest BCUT2D eigenvalue weighted by atomic mass is 10.2. The van der Waals surface area contributed by atoms with Gasteiger partial charge in [0.2, 0.25) is 0 Å². The van der Waals surface area contributed by atoms with Gasteiger partial charge in [-0.2, -0.15) is 0 Å². The van der Waals surface area contributed by atoms with Crippen LogP contribution in [0.4, 0.5) is 0 Å². The predicted molar refractivity (Wildman–Crippen MR) is 84.8 cm³/mol. The normalized spacial score (nSPS) is 14.0. The molecule has 2 rings (SSSR count). The molecule has 1 aliphatic heterocycles. The monoisotopic (exact) mass is 308 g/mol. The number of ether oxygens (including phenoxy) is 2. The average molecular weight is 308 g/mol. The van der Waals surface area contributed by atoms with E-state index < -0.39 is 0 Å². The molecule has 114 valence electrons. The van der Waals surface area contributed by atoms with Crippen LogP contribution in [-0.2, 0) is 4.79 Å². The number of nitrogens with two attached hydrogens (primary N) is 1. The Morgan fingerprint density at radius 1 is 1.29 bits per heavy atom. The second-order valence-electron chi connectivity index (χ2n) is 4.84. The molecular weight excluding hydrogens is 288 g/mol. The van der Waals surface area contributed by atoms with E-state index in [2.05, 4.69) is 0 Å². The van der Waals surface area contributed by atoms with Crippen LogP contribution in [0.5, 0.6) is 11.5 Å². The standard InChI is InChI=1S/C15H20N2O3S/c1-2-19-13-9-11(15(16)21)5-6-12(13)20-10-14(18)17-7-3-4-8-17/h5-6,9H,2-4,7-8,10H2,1H3,(H2,16,21). The number of thiocarbonyl (C=S) groups is 1. The lowest BCUT2D eigenvalue weighted by molar-refractivity contribution is -0.132. The van der Waals surface area contributed by atoms with E-state index in [1.807, 2.05) is 11.8 Å². The molecular formula is C15H20N2O3S. The molecule has 0 unspecified atom stereocenters. The van der Waals surface area contributed by atoms with E-state index >= 15 is 0 Å². The third-order valence-corrected chi connectivity index (χ3v) is 3.57. The summed E-state index contributed by atoms with van der Waals surface area (Å²) in [4.78, 5) is 14.1. The van der Waals surface area contributed by atoms with E-state index in [0.717, 1.165) is 25.9 Å². The van der Waals surface area contributed by atoms with Gasteiger partial charge in [-0.15, -0.1) is 0 Å². The van der Waals surface area contributed by atoms with Gasteiger partial charge >= 0.3 is 0 Å². The molecule has 2 N–H and O–H groups in total. The summed E-state index contributed by atoms with van der Waals surface area (Å²) >= 11 is 4.95. The maximum atomic E-state index is 12.0. The minimum Gasteiger partial charge on any atom is -0.490 e. The lowest BCUT2D eigenvalue weighted by Crippen LogP contribution is -2.32. The number of likely N-dealkylation sites (tertiary alicyclic amines) is 1. The Morgan fingerprint density at radius 2 is 2.00 bits per heavy atom. The van der Waals surface area contributed by atoms with Crippen molar-refractivity contribution in [3.63, 3.8) is 0 Å². The summed E-state index contributed by atoms with van der Waals surface area (Å²) in [6.07, 6.45) is 2.14. The second-order valence-corrected chi connectivity index (χ2v) is 5.28. The summed E-state index contributed by atoms with van der Waals surface area (Å²) in [6.45, 7) is 4.04. The van der Waals surface area contributed by atoms with Gasteiger partial charge in [0.1, 0.15) is 4.99 Å². The number of hydrogen-bond acceptors (Lipinski definition) is 4. The predicted octanol–water partition coefficient (Wildman–Crippen LogP) is 1.72. The summed E-state index contributed by atoms with van der Waals surface area (Å²) in [7, 11) is 0. The summed E-state index contributed by atoms with van der Waals surface area (Å²) in [5.74, 6) is 1.09. The van der Waals surface area contributed by atoms with Gasteiger partial charge in [0.15, 0.2) is 18.1 Å². The molecule has 1 saturated heterocycles. The van der Waals surface area contributed by atoms with Crippen molar-refractivity contribution < 1.29 is 14.3 Å². The second kappa shape index (κ2) is 7.26. The van der Waals surface area contributed by atoms with Crippen molar-refractivity contribution in [2.24, 2.45) is 5.73 Å². The van der Waals surface area contributed by atoms with Gasteiger partial charge in [-0.05, 0) is 38.0 Å². The van der Waals surface area contributed by atoms with Gasteiger partial charge in [0, 0.05) is 18.7 Å². The number of carbonyl (C=O) groups excluding carboxylic acids is 1. The van der Waals surface area contributed by atoms with Crippen molar-refractivity contribution in [1.29, 1.82) is 0 Å². The van der Waals surface area contributed by atoms with Crippen molar-refractivity contribution in [3.8, 4) is 11.5 Å². The van der Waals surface area contributed by atoms with Crippen molar-refractivity contribution in [2.45, 2.75) is 19.8 Å². The zero-order valence-corrected chi connectivity index (χ0v) is 12.9. The Kier molecular flexibility index (Phi) is 5.38. The molecule has 1 fully saturated rings.